The largest absolute Gasteiger partial charge is 0.550 e. The molecule has 0 spiro atoms. The van der Waals surface area contributed by atoms with Crippen molar-refractivity contribution < 1.29 is 19.7 Å². The van der Waals surface area contributed by atoms with E-state index >= 15 is 0 Å². The highest BCUT2D eigenvalue weighted by Gasteiger charge is 2.13. The predicted octanol–water partition coefficient (Wildman–Crippen LogP) is 1.97. The Labute approximate surface area is 146 Å². The molecule has 0 atom stereocenters. The second-order valence-corrected chi connectivity index (χ2v) is 6.12. The first kappa shape index (κ1) is 22.6. The number of carbonyl (C=O) groups excluding carboxylic acids is 1. The quantitative estimate of drug-likeness (QED) is 0.465. The smallest absolute Gasteiger partial charge is 0.192 e. The third kappa shape index (κ3) is 12.0. The number of nitrogens with zero attached hydrogens (tertiary/aromatic N) is 3. The van der Waals surface area contributed by atoms with Gasteiger partial charge in [0, 0.05) is 5.97 Å². The first-order valence-electron chi connectivity index (χ1n) is 9.30. The first-order chi connectivity index (χ1) is 11.5. The number of carbonyl (C=O) groups is 1. The zero-order valence-electron chi connectivity index (χ0n) is 15.7. The number of rotatable bonds is 12. The predicted molar refractivity (Wildman–Crippen MR) is 91.9 cm³/mol. The number of carboxylic acid groups (broad SMARTS) is 1. The maximum atomic E-state index is 9.30. The van der Waals surface area contributed by atoms with Crippen molar-refractivity contribution in [3.63, 3.8) is 0 Å². The Morgan fingerprint density at radius 1 is 1.12 bits per heavy atom. The number of aliphatic hydroxyl groups excluding tert-OH is 1. The number of aliphatic carboxylic acids is 1. The van der Waals surface area contributed by atoms with E-state index in [1.807, 2.05) is 15.6 Å². The molecule has 0 bridgehead atoms. The van der Waals surface area contributed by atoms with Gasteiger partial charge in [0.15, 0.2) is 11.9 Å². The Bertz CT molecular complexity index is 429. The summed E-state index contributed by atoms with van der Waals surface area (Å²) in [6, 6.07) is 0. The van der Waals surface area contributed by atoms with Gasteiger partial charge < -0.3 is 15.0 Å². The summed E-state index contributed by atoms with van der Waals surface area (Å²) in [6.07, 6.45) is 13.7. The fourth-order valence-electron chi connectivity index (χ4n) is 2.50. The van der Waals surface area contributed by atoms with Crippen LogP contribution in [0.2, 0.25) is 0 Å². The minimum Gasteiger partial charge on any atom is -0.550 e. The molecule has 0 aliphatic heterocycles. The summed E-state index contributed by atoms with van der Waals surface area (Å²) in [4.78, 5) is 8.89. The molecule has 1 aromatic heterocycles. The number of hydrogen-bond donors (Lipinski definition) is 1. The van der Waals surface area contributed by atoms with Gasteiger partial charge in [0.1, 0.15) is 19.7 Å². The lowest BCUT2D eigenvalue weighted by atomic mass is 10.1. The van der Waals surface area contributed by atoms with Crippen LogP contribution in [-0.4, -0.2) is 21.0 Å². The third-order valence-electron chi connectivity index (χ3n) is 3.69. The molecular formula is C18H35N3O3. The van der Waals surface area contributed by atoms with Gasteiger partial charge in [0.2, 0.25) is 0 Å². The lowest BCUT2D eigenvalue weighted by Crippen LogP contribution is -2.36. The zero-order chi connectivity index (χ0) is 18.2. The standard InChI is InChI=1S/C16H32N3O.C2H4O2/c1-3-5-6-7-8-9-10-11-13-18-14-16(15-20)19(17-18)12-4-2;1-2(3)4/h14,20H,3-13,15H2,1-2H3;1H3,(H,3,4)/q+1;/p-1. The fourth-order valence-corrected chi connectivity index (χ4v) is 2.50. The molecule has 1 rings (SSSR count). The van der Waals surface area contributed by atoms with Crippen LogP contribution in [0.25, 0.3) is 0 Å². The molecule has 0 saturated carbocycles. The Kier molecular flexibility index (Phi) is 14.2. The normalized spacial score (nSPS) is 10.3. The summed E-state index contributed by atoms with van der Waals surface area (Å²) < 4.78 is 3.91. The van der Waals surface area contributed by atoms with Crippen LogP contribution in [-0.2, 0) is 24.5 Å². The molecule has 0 unspecified atom stereocenters. The van der Waals surface area contributed by atoms with Crippen molar-refractivity contribution in [2.24, 2.45) is 0 Å². The van der Waals surface area contributed by atoms with E-state index in [9.17, 15) is 5.11 Å². The molecule has 1 N–H and O–H groups in total. The van der Waals surface area contributed by atoms with Crippen molar-refractivity contribution in [1.82, 2.24) is 9.90 Å². The summed E-state index contributed by atoms with van der Waals surface area (Å²) in [5.41, 5.74) is 0.923. The second kappa shape index (κ2) is 15.1. The van der Waals surface area contributed by atoms with Gasteiger partial charge in [0.05, 0.1) is 5.21 Å². The van der Waals surface area contributed by atoms with E-state index in [-0.39, 0.29) is 6.61 Å². The molecule has 140 valence electrons. The van der Waals surface area contributed by atoms with Crippen LogP contribution in [0.4, 0.5) is 0 Å². The van der Waals surface area contributed by atoms with Gasteiger partial charge in [-0.1, -0.05) is 52.4 Å². The number of unbranched alkanes of at least 4 members (excludes halogenated alkanes) is 7. The molecule has 0 radical (unpaired) electrons. The van der Waals surface area contributed by atoms with Crippen molar-refractivity contribution >= 4 is 5.97 Å². The van der Waals surface area contributed by atoms with E-state index in [0.29, 0.717) is 0 Å². The molecule has 24 heavy (non-hydrogen) atoms. The first-order valence-corrected chi connectivity index (χ1v) is 9.30. The van der Waals surface area contributed by atoms with Gasteiger partial charge in [-0.05, 0) is 26.2 Å². The Balaban J connectivity index is 0.00000118. The molecule has 0 aliphatic carbocycles. The monoisotopic (exact) mass is 341 g/mol. The maximum Gasteiger partial charge on any atom is 0.192 e. The molecule has 0 aromatic carbocycles. The minimum atomic E-state index is -1.08. The third-order valence-corrected chi connectivity index (χ3v) is 3.69. The number of carboxylic acids is 1. The van der Waals surface area contributed by atoms with Crippen molar-refractivity contribution in [2.75, 3.05) is 0 Å². The Morgan fingerprint density at radius 2 is 1.67 bits per heavy atom. The molecule has 1 heterocycles. The van der Waals surface area contributed by atoms with Crippen molar-refractivity contribution in [3.8, 4) is 0 Å². The fraction of sp³-hybridized carbons (Fsp3) is 0.833. The van der Waals surface area contributed by atoms with Gasteiger partial charge in [-0.15, -0.1) is 9.36 Å². The van der Waals surface area contributed by atoms with Gasteiger partial charge in [-0.25, -0.2) is 0 Å². The molecule has 1 aromatic rings. The van der Waals surface area contributed by atoms with E-state index in [1.165, 1.54) is 51.4 Å². The number of aryl methyl sites for hydroxylation is 2. The highest BCUT2D eigenvalue weighted by molar-refractivity contribution is 5.60. The topological polar surface area (TPSA) is 82.1 Å². The Hall–Kier alpha value is -1.43. The van der Waals surface area contributed by atoms with E-state index < -0.39 is 5.97 Å². The average Bonchev–Trinajstić information content (AvgIpc) is 2.92. The maximum absolute atomic E-state index is 9.30. The summed E-state index contributed by atoms with van der Waals surface area (Å²) in [7, 11) is 0. The lowest BCUT2D eigenvalue weighted by Gasteiger charge is -1.99. The van der Waals surface area contributed by atoms with E-state index in [4.69, 9.17) is 9.90 Å². The minimum absolute atomic E-state index is 0.0808. The van der Waals surface area contributed by atoms with Gasteiger partial charge in [0.25, 0.3) is 0 Å². The second-order valence-electron chi connectivity index (χ2n) is 6.12. The molecular weight excluding hydrogens is 306 g/mol. The Morgan fingerprint density at radius 3 is 2.17 bits per heavy atom. The molecule has 6 nitrogen and oxygen atoms in total. The summed E-state index contributed by atoms with van der Waals surface area (Å²) in [5.74, 6) is -1.08. The van der Waals surface area contributed by atoms with Crippen LogP contribution in [0.5, 0.6) is 0 Å². The van der Waals surface area contributed by atoms with Gasteiger partial charge in [-0.2, -0.15) is 0 Å². The summed E-state index contributed by atoms with van der Waals surface area (Å²) >= 11 is 0. The van der Waals surface area contributed by atoms with Gasteiger partial charge >= 0.3 is 0 Å². The van der Waals surface area contributed by atoms with Crippen molar-refractivity contribution in [3.05, 3.63) is 11.9 Å². The van der Waals surface area contributed by atoms with Crippen molar-refractivity contribution in [2.45, 2.75) is 98.3 Å². The number of aliphatic hydroxyl groups is 1. The van der Waals surface area contributed by atoms with E-state index in [2.05, 4.69) is 19.1 Å². The SMILES string of the molecule is CC(=O)[O-].CCCCCCCCCC[n+]1cc(CO)n(CCC)n1. The highest BCUT2D eigenvalue weighted by atomic mass is 16.4. The van der Waals surface area contributed by atoms with Crippen LogP contribution in [0, 0.1) is 0 Å². The molecule has 6 heteroatoms. The van der Waals surface area contributed by atoms with Crippen LogP contribution in [0.15, 0.2) is 6.20 Å². The molecule has 0 fully saturated rings. The van der Waals surface area contributed by atoms with Crippen LogP contribution in [0.1, 0.15) is 84.3 Å². The van der Waals surface area contributed by atoms with Crippen LogP contribution < -0.4 is 9.79 Å². The molecule has 0 amide bonds. The van der Waals surface area contributed by atoms with Crippen LogP contribution >= 0.6 is 0 Å². The highest BCUT2D eigenvalue weighted by Crippen LogP contribution is 2.08. The lowest BCUT2D eigenvalue weighted by molar-refractivity contribution is -0.755. The van der Waals surface area contributed by atoms with E-state index in [0.717, 1.165) is 32.1 Å². The van der Waals surface area contributed by atoms with Gasteiger partial charge in [-0.3, -0.25) is 0 Å². The van der Waals surface area contributed by atoms with Crippen molar-refractivity contribution in [1.29, 1.82) is 0 Å². The number of hydrogen-bond acceptors (Lipinski definition) is 4. The van der Waals surface area contributed by atoms with E-state index in [1.54, 1.807) is 0 Å². The molecule has 0 saturated heterocycles. The zero-order valence-corrected chi connectivity index (χ0v) is 15.7. The number of aromatic nitrogens is 3. The average molecular weight is 341 g/mol. The summed E-state index contributed by atoms with van der Waals surface area (Å²) in [5, 5.41) is 22.7. The summed E-state index contributed by atoms with van der Waals surface area (Å²) in [6.45, 7) is 7.30. The molecule has 0 aliphatic rings. The van der Waals surface area contributed by atoms with Crippen LogP contribution in [0.3, 0.4) is 0 Å².